The van der Waals surface area contributed by atoms with Crippen molar-refractivity contribution in [3.8, 4) is 0 Å². The first-order chi connectivity index (χ1) is 16.9. The van der Waals surface area contributed by atoms with Crippen LogP contribution in [0.3, 0.4) is 0 Å². The number of fused-ring (bicyclic) bond motifs is 13. The van der Waals surface area contributed by atoms with E-state index in [4.69, 9.17) is 0 Å². The van der Waals surface area contributed by atoms with Gasteiger partial charge in [0.15, 0.2) is 0 Å². The molecule has 0 fully saturated rings. The molecule has 0 saturated heterocycles. The molecule has 0 radical (unpaired) electrons. The molecule has 0 aliphatic heterocycles. The van der Waals surface area contributed by atoms with Gasteiger partial charge in [-0.3, -0.25) is 0 Å². The molecule has 156 valence electrons. The second-order valence-electron chi connectivity index (χ2n) is 9.33. The molecule has 34 heavy (non-hydrogen) atoms. The van der Waals surface area contributed by atoms with E-state index >= 15 is 0 Å². The van der Waals surface area contributed by atoms with E-state index in [9.17, 15) is 0 Å². The number of rotatable bonds is 0. The standard InChI is InChI=1S/C34H20/c1-2-10-22-18-24-20-32-31(19-23(24)17-21(22)9-1)27-13-5-8-16-30(27)33-28-14-6-3-11-25(28)26-12-4-7-15-29(26)34(32)33/h1-20H. The van der Waals surface area contributed by atoms with Gasteiger partial charge in [-0.2, -0.15) is 0 Å². The fourth-order valence-electron chi connectivity index (χ4n) is 6.06. The van der Waals surface area contributed by atoms with E-state index < -0.39 is 0 Å². The lowest BCUT2D eigenvalue weighted by Gasteiger charge is -2.17. The molecule has 8 rings (SSSR count). The summed E-state index contributed by atoms with van der Waals surface area (Å²) in [5.74, 6) is 0. The van der Waals surface area contributed by atoms with Crippen molar-refractivity contribution in [2.75, 3.05) is 0 Å². The summed E-state index contributed by atoms with van der Waals surface area (Å²) in [6, 6.07) is 44.9. The minimum Gasteiger partial charge on any atom is -0.0616 e. The molecule has 0 unspecified atom stereocenters. The Balaban J connectivity index is 1.74. The van der Waals surface area contributed by atoms with Gasteiger partial charge in [-0.25, -0.2) is 0 Å². The molecule has 0 aliphatic carbocycles. The van der Waals surface area contributed by atoms with Crippen molar-refractivity contribution in [1.29, 1.82) is 0 Å². The van der Waals surface area contributed by atoms with Crippen molar-refractivity contribution in [2.45, 2.75) is 0 Å². The molecule has 0 atom stereocenters. The van der Waals surface area contributed by atoms with Crippen LogP contribution < -0.4 is 0 Å². The summed E-state index contributed by atoms with van der Waals surface area (Å²) in [5.41, 5.74) is 0. The van der Waals surface area contributed by atoms with Crippen LogP contribution in [-0.4, -0.2) is 0 Å². The first kappa shape index (κ1) is 18.1. The third-order valence-corrected chi connectivity index (χ3v) is 7.53. The second kappa shape index (κ2) is 6.56. The lowest BCUT2D eigenvalue weighted by Crippen LogP contribution is -1.89. The number of hydrogen-bond acceptors (Lipinski definition) is 0. The Morgan fingerprint density at radius 2 is 0.588 bits per heavy atom. The Hall–Kier alpha value is -4.42. The van der Waals surface area contributed by atoms with Crippen molar-refractivity contribution in [3.63, 3.8) is 0 Å². The Labute approximate surface area is 196 Å². The van der Waals surface area contributed by atoms with E-state index in [-0.39, 0.29) is 0 Å². The highest BCUT2D eigenvalue weighted by Crippen LogP contribution is 2.44. The van der Waals surface area contributed by atoms with E-state index in [1.54, 1.807) is 0 Å². The Morgan fingerprint density at radius 3 is 1.09 bits per heavy atom. The summed E-state index contributed by atoms with van der Waals surface area (Å²) in [6.07, 6.45) is 0. The Bertz CT molecular complexity index is 2110. The van der Waals surface area contributed by atoms with Crippen LogP contribution in [0.2, 0.25) is 0 Å². The average Bonchev–Trinajstić information content (AvgIpc) is 2.90. The minimum absolute atomic E-state index is 1.29. The predicted molar refractivity (Wildman–Crippen MR) is 149 cm³/mol. The van der Waals surface area contributed by atoms with E-state index in [1.165, 1.54) is 75.4 Å². The molecule has 8 aromatic carbocycles. The topological polar surface area (TPSA) is 0 Å². The second-order valence-corrected chi connectivity index (χ2v) is 9.33. The smallest absolute Gasteiger partial charge is 0.00137 e. The van der Waals surface area contributed by atoms with Gasteiger partial charge in [0.1, 0.15) is 0 Å². The van der Waals surface area contributed by atoms with Gasteiger partial charge < -0.3 is 0 Å². The van der Waals surface area contributed by atoms with Crippen LogP contribution in [0.1, 0.15) is 0 Å². The summed E-state index contributed by atoms with van der Waals surface area (Å²) in [7, 11) is 0. The zero-order chi connectivity index (χ0) is 22.2. The third-order valence-electron chi connectivity index (χ3n) is 7.53. The maximum Gasteiger partial charge on any atom is -0.00137 e. The van der Waals surface area contributed by atoms with Gasteiger partial charge in [0, 0.05) is 0 Å². The minimum atomic E-state index is 1.29. The largest absolute Gasteiger partial charge is 0.0616 e. The molecule has 0 nitrogen and oxygen atoms in total. The van der Waals surface area contributed by atoms with E-state index in [0.717, 1.165) is 0 Å². The van der Waals surface area contributed by atoms with Gasteiger partial charge in [-0.05, 0) is 99.7 Å². The van der Waals surface area contributed by atoms with E-state index in [0.29, 0.717) is 0 Å². The highest BCUT2D eigenvalue weighted by Gasteiger charge is 2.16. The summed E-state index contributed by atoms with van der Waals surface area (Å²) < 4.78 is 0. The molecule has 0 heteroatoms. The third kappa shape index (κ3) is 2.32. The predicted octanol–water partition coefficient (Wildman–Crippen LogP) is 9.76. The SMILES string of the molecule is c1ccc2cc3cc4c(cc3cc2c1)c1ccccc1c1c2ccccc2c2ccccc2c41. The van der Waals surface area contributed by atoms with Crippen LogP contribution in [0.5, 0.6) is 0 Å². The summed E-state index contributed by atoms with van der Waals surface area (Å²) in [5, 5.41) is 18.5. The quantitative estimate of drug-likeness (QED) is 0.166. The molecule has 0 N–H and O–H groups in total. The maximum absolute atomic E-state index is 2.42. The van der Waals surface area contributed by atoms with Gasteiger partial charge in [0.05, 0.1) is 0 Å². The molecular formula is C34H20. The lowest BCUT2D eigenvalue weighted by molar-refractivity contribution is 1.78. The molecule has 0 heterocycles. The number of hydrogen-bond donors (Lipinski definition) is 0. The molecule has 0 aliphatic rings. The fourth-order valence-corrected chi connectivity index (χ4v) is 6.06. The van der Waals surface area contributed by atoms with Gasteiger partial charge >= 0.3 is 0 Å². The highest BCUT2D eigenvalue weighted by atomic mass is 14.2. The monoisotopic (exact) mass is 428 g/mol. The van der Waals surface area contributed by atoms with Crippen molar-refractivity contribution >= 4 is 75.4 Å². The van der Waals surface area contributed by atoms with Crippen LogP contribution in [0.15, 0.2) is 121 Å². The van der Waals surface area contributed by atoms with Gasteiger partial charge in [-0.15, -0.1) is 0 Å². The van der Waals surface area contributed by atoms with Crippen LogP contribution in [0.4, 0.5) is 0 Å². The summed E-state index contributed by atoms with van der Waals surface area (Å²) in [6.45, 7) is 0. The fraction of sp³-hybridized carbons (Fsp3) is 0. The van der Waals surface area contributed by atoms with Crippen molar-refractivity contribution in [1.82, 2.24) is 0 Å². The van der Waals surface area contributed by atoms with Crippen LogP contribution in [0.25, 0.3) is 75.4 Å². The zero-order valence-corrected chi connectivity index (χ0v) is 18.5. The summed E-state index contributed by atoms with van der Waals surface area (Å²) in [4.78, 5) is 0. The lowest BCUT2D eigenvalue weighted by atomic mass is 9.86. The van der Waals surface area contributed by atoms with Crippen molar-refractivity contribution in [2.24, 2.45) is 0 Å². The van der Waals surface area contributed by atoms with Crippen molar-refractivity contribution < 1.29 is 0 Å². The molecule has 0 amide bonds. The van der Waals surface area contributed by atoms with Gasteiger partial charge in [0.2, 0.25) is 0 Å². The molecule has 0 aromatic heterocycles. The molecule has 8 aromatic rings. The Kier molecular flexibility index (Phi) is 3.48. The normalized spacial score (nSPS) is 12.1. The van der Waals surface area contributed by atoms with Crippen LogP contribution in [-0.2, 0) is 0 Å². The highest BCUT2D eigenvalue weighted by molar-refractivity contribution is 6.40. The van der Waals surface area contributed by atoms with Gasteiger partial charge in [0.25, 0.3) is 0 Å². The maximum atomic E-state index is 2.42. The Morgan fingerprint density at radius 1 is 0.235 bits per heavy atom. The van der Waals surface area contributed by atoms with Crippen LogP contribution in [0, 0.1) is 0 Å². The molecule has 0 bridgehead atoms. The first-order valence-corrected chi connectivity index (χ1v) is 11.9. The van der Waals surface area contributed by atoms with Crippen LogP contribution >= 0.6 is 0 Å². The number of benzene rings is 8. The zero-order valence-electron chi connectivity index (χ0n) is 18.5. The van der Waals surface area contributed by atoms with E-state index in [2.05, 4.69) is 121 Å². The molecule has 0 saturated carbocycles. The van der Waals surface area contributed by atoms with E-state index in [1.807, 2.05) is 0 Å². The van der Waals surface area contributed by atoms with Gasteiger partial charge in [-0.1, -0.05) is 97.1 Å². The first-order valence-electron chi connectivity index (χ1n) is 11.9. The molecule has 0 spiro atoms. The average molecular weight is 429 g/mol. The summed E-state index contributed by atoms with van der Waals surface area (Å²) >= 11 is 0. The van der Waals surface area contributed by atoms with Crippen molar-refractivity contribution in [3.05, 3.63) is 121 Å². The molecular weight excluding hydrogens is 408 g/mol.